The maximum absolute atomic E-state index is 13.4. The predicted molar refractivity (Wildman–Crippen MR) is 148 cm³/mol. The van der Waals surface area contributed by atoms with Crippen molar-refractivity contribution in [3.05, 3.63) is 12.2 Å². The van der Waals surface area contributed by atoms with Crippen LogP contribution in [-0.4, -0.2) is 17.9 Å². The molecule has 0 aromatic heterocycles. The molecular formula is C34H50O3. The van der Waals surface area contributed by atoms with E-state index in [2.05, 4.69) is 54.0 Å². The van der Waals surface area contributed by atoms with E-state index in [0.29, 0.717) is 29.6 Å². The number of terminal acetylenes is 1. The summed E-state index contributed by atoms with van der Waals surface area (Å²) in [5.74, 6) is 4.99. The number of ketones is 1. The third-order valence-corrected chi connectivity index (χ3v) is 13.9. The lowest BCUT2D eigenvalue weighted by atomic mass is 9.32. The van der Waals surface area contributed by atoms with Gasteiger partial charge in [0.25, 0.3) is 0 Å². The highest BCUT2D eigenvalue weighted by atomic mass is 16.5. The molecule has 10 atom stereocenters. The third-order valence-electron chi connectivity index (χ3n) is 13.9. The molecular weight excluding hydrogens is 456 g/mol. The van der Waals surface area contributed by atoms with Crippen molar-refractivity contribution in [3.63, 3.8) is 0 Å². The Labute approximate surface area is 225 Å². The number of Topliss-reactive ketones (excluding diaryl/α,β-unsaturated/α-hetero) is 1. The molecule has 3 nitrogen and oxygen atoms in total. The van der Waals surface area contributed by atoms with Gasteiger partial charge in [0.15, 0.2) is 0 Å². The molecule has 0 N–H and O–H groups in total. The average molecular weight is 507 g/mol. The molecule has 37 heavy (non-hydrogen) atoms. The van der Waals surface area contributed by atoms with Gasteiger partial charge in [-0.05, 0) is 123 Å². The number of rotatable bonds is 3. The molecule has 0 spiro atoms. The highest BCUT2D eigenvalue weighted by Crippen LogP contribution is 2.77. The lowest BCUT2D eigenvalue weighted by molar-refractivity contribution is -0.248. The van der Waals surface area contributed by atoms with Crippen LogP contribution in [0.3, 0.4) is 0 Å². The van der Waals surface area contributed by atoms with Crippen molar-refractivity contribution < 1.29 is 14.3 Å². The summed E-state index contributed by atoms with van der Waals surface area (Å²) in [6, 6.07) is 0. The summed E-state index contributed by atoms with van der Waals surface area (Å²) in [4.78, 5) is 25.3. The van der Waals surface area contributed by atoms with Crippen LogP contribution in [0.15, 0.2) is 12.2 Å². The van der Waals surface area contributed by atoms with E-state index in [4.69, 9.17) is 11.2 Å². The minimum atomic E-state index is -0.336. The summed E-state index contributed by atoms with van der Waals surface area (Å²) in [6.07, 6.45) is 16.8. The van der Waals surface area contributed by atoms with E-state index in [9.17, 15) is 9.59 Å². The summed E-state index contributed by atoms with van der Waals surface area (Å²) in [5.41, 5.74) is 1.57. The number of ether oxygens (including phenoxy) is 1. The monoisotopic (exact) mass is 506 g/mol. The van der Waals surface area contributed by atoms with Crippen LogP contribution < -0.4 is 0 Å². The van der Waals surface area contributed by atoms with E-state index in [1.54, 1.807) is 6.92 Å². The highest BCUT2D eigenvalue weighted by Gasteiger charge is 2.71. The molecule has 204 valence electrons. The molecule has 0 saturated heterocycles. The fourth-order valence-corrected chi connectivity index (χ4v) is 12.1. The van der Waals surface area contributed by atoms with Gasteiger partial charge in [-0.1, -0.05) is 46.8 Å². The first kappa shape index (κ1) is 27.0. The van der Waals surface area contributed by atoms with Crippen LogP contribution in [0.2, 0.25) is 0 Å². The zero-order valence-electron chi connectivity index (χ0n) is 24.5. The van der Waals surface area contributed by atoms with Gasteiger partial charge in [0.05, 0.1) is 0 Å². The third kappa shape index (κ3) is 3.39. The molecule has 5 fully saturated rings. The molecule has 0 aliphatic heterocycles. The maximum atomic E-state index is 13.4. The van der Waals surface area contributed by atoms with E-state index >= 15 is 0 Å². The minimum absolute atomic E-state index is 0.0132. The molecule has 0 aromatic rings. The molecule has 0 radical (unpaired) electrons. The highest BCUT2D eigenvalue weighted by molar-refractivity contribution is 6.00. The Morgan fingerprint density at radius 1 is 0.838 bits per heavy atom. The van der Waals surface area contributed by atoms with E-state index in [1.807, 2.05) is 0 Å². The van der Waals surface area contributed by atoms with Crippen molar-refractivity contribution >= 4 is 11.8 Å². The summed E-state index contributed by atoms with van der Waals surface area (Å²) >= 11 is 0. The number of fused-ring (bicyclic) bond motifs is 7. The molecule has 5 saturated carbocycles. The largest absolute Gasteiger partial charge is 0.462 e. The first-order valence-electron chi connectivity index (χ1n) is 15.0. The van der Waals surface area contributed by atoms with Crippen molar-refractivity contribution in [2.45, 2.75) is 119 Å². The van der Waals surface area contributed by atoms with E-state index in [-0.39, 0.29) is 44.9 Å². The zero-order valence-corrected chi connectivity index (χ0v) is 24.5. The second-order valence-electron chi connectivity index (χ2n) is 15.3. The van der Waals surface area contributed by atoms with E-state index in [1.165, 1.54) is 31.3 Å². The van der Waals surface area contributed by atoms with Gasteiger partial charge in [0.2, 0.25) is 5.78 Å². The number of carbonyl (C=O) groups excluding carboxylic acids is 2. The summed E-state index contributed by atoms with van der Waals surface area (Å²) in [6.45, 7) is 20.7. The number of hydrogen-bond donors (Lipinski definition) is 0. The molecule has 0 unspecified atom stereocenters. The molecule has 0 bridgehead atoms. The minimum Gasteiger partial charge on any atom is -0.462 e. The Morgan fingerprint density at radius 3 is 2.16 bits per heavy atom. The fraction of sp³-hybridized carbons (Fsp3) is 0.824. The van der Waals surface area contributed by atoms with E-state index < -0.39 is 0 Å². The first-order valence-corrected chi connectivity index (χ1v) is 15.0. The molecule has 3 heteroatoms. The van der Waals surface area contributed by atoms with Crippen LogP contribution in [0.1, 0.15) is 113 Å². The van der Waals surface area contributed by atoms with Crippen LogP contribution in [0, 0.1) is 69.0 Å². The van der Waals surface area contributed by atoms with Crippen molar-refractivity contribution in [3.8, 4) is 12.3 Å². The van der Waals surface area contributed by atoms with Crippen molar-refractivity contribution in [2.75, 3.05) is 0 Å². The van der Waals surface area contributed by atoms with Gasteiger partial charge in [-0.2, -0.15) is 0 Å². The average Bonchev–Trinajstić information content (AvgIpc) is 3.22. The normalized spacial score (nSPS) is 49.9. The number of carbonyl (C=O) groups is 2. The van der Waals surface area contributed by atoms with Crippen molar-refractivity contribution in [1.29, 1.82) is 0 Å². The van der Waals surface area contributed by atoms with Gasteiger partial charge in [-0.3, -0.25) is 9.59 Å². The Bertz CT molecular complexity index is 1050. The van der Waals surface area contributed by atoms with E-state index in [0.717, 1.165) is 38.5 Å². The van der Waals surface area contributed by atoms with Crippen molar-refractivity contribution in [2.24, 2.45) is 56.7 Å². The van der Waals surface area contributed by atoms with Crippen LogP contribution in [-0.2, 0) is 14.3 Å². The maximum Gasteiger partial charge on any atom is 0.302 e. The number of hydrogen-bond acceptors (Lipinski definition) is 3. The van der Waals surface area contributed by atoms with Gasteiger partial charge in [0, 0.05) is 17.8 Å². The second kappa shape index (κ2) is 8.47. The van der Waals surface area contributed by atoms with Gasteiger partial charge in [-0.15, -0.1) is 6.42 Å². The second-order valence-corrected chi connectivity index (χ2v) is 15.3. The first-order chi connectivity index (χ1) is 17.2. The molecule has 5 aliphatic carbocycles. The SMILES string of the molecule is C#CC(=O)[C@]12CC[C@@H](C(=C)C)[C@@H]1[C@H]1CC[C@@H]3[C@@]4(C)CC[C@H](OC(C)=O)C(C)(C)[C@@H]4CC[C@@]3(C)[C@]1(C)CC2. The Kier molecular flexibility index (Phi) is 6.18. The van der Waals surface area contributed by atoms with Gasteiger partial charge in [0.1, 0.15) is 6.10 Å². The summed E-state index contributed by atoms with van der Waals surface area (Å²) in [5, 5.41) is 0. The Morgan fingerprint density at radius 2 is 1.54 bits per heavy atom. The fourth-order valence-electron chi connectivity index (χ4n) is 12.1. The van der Waals surface area contributed by atoms with Gasteiger partial charge < -0.3 is 4.74 Å². The molecule has 0 amide bonds. The lowest BCUT2D eigenvalue weighted by Gasteiger charge is -2.72. The zero-order chi connectivity index (χ0) is 27.2. The summed E-state index contributed by atoms with van der Waals surface area (Å²) < 4.78 is 5.90. The molecule has 5 rings (SSSR count). The topological polar surface area (TPSA) is 43.4 Å². The lowest BCUT2D eigenvalue weighted by Crippen LogP contribution is -2.67. The predicted octanol–water partition coefficient (Wildman–Crippen LogP) is 7.78. The summed E-state index contributed by atoms with van der Waals surface area (Å²) in [7, 11) is 0. The number of esters is 1. The van der Waals surface area contributed by atoms with Gasteiger partial charge >= 0.3 is 5.97 Å². The van der Waals surface area contributed by atoms with Gasteiger partial charge in [-0.25, -0.2) is 0 Å². The van der Waals surface area contributed by atoms with Crippen molar-refractivity contribution in [1.82, 2.24) is 0 Å². The van der Waals surface area contributed by atoms with Crippen LogP contribution >= 0.6 is 0 Å². The Hall–Kier alpha value is -1.56. The smallest absolute Gasteiger partial charge is 0.302 e. The van der Waals surface area contributed by atoms with Crippen LogP contribution in [0.5, 0.6) is 0 Å². The van der Waals surface area contributed by atoms with Crippen LogP contribution in [0.25, 0.3) is 0 Å². The quantitative estimate of drug-likeness (QED) is 0.170. The molecule has 0 aromatic carbocycles. The molecule has 5 aliphatic rings. The van der Waals surface area contributed by atoms with Crippen LogP contribution in [0.4, 0.5) is 0 Å². The molecule has 0 heterocycles. The Balaban J connectivity index is 1.53. The standard InChI is InChI=1S/C34H50O3/c1-10-27(36)34-18-13-23(21(2)3)29(34)24-11-12-26-31(7)16-15-28(37-22(4)35)30(5,6)25(31)14-17-33(26,9)32(24,8)19-20-34/h1,23-26,28-29H,2,11-20H2,3-9H3/t23-,24+,25-,26+,28-,29+,31-,32+,33+,34+/m0/s1. The number of allylic oxidation sites excluding steroid dienone is 1.